The van der Waals surface area contributed by atoms with Crippen molar-refractivity contribution < 1.29 is 0 Å². The molecule has 1 aromatic heterocycles. The molecular formula is C15H20N2. The molecule has 0 amide bonds. The van der Waals surface area contributed by atoms with Crippen molar-refractivity contribution in [3.05, 3.63) is 54.1 Å². The van der Waals surface area contributed by atoms with E-state index in [9.17, 15) is 0 Å². The van der Waals surface area contributed by atoms with Gasteiger partial charge in [-0.25, -0.2) is 4.98 Å². The second-order valence-electron chi connectivity index (χ2n) is 5.79. The van der Waals surface area contributed by atoms with Crippen molar-refractivity contribution in [2.24, 2.45) is 5.41 Å². The molecule has 2 rings (SSSR count). The Bertz CT molecular complexity index is 464. The molecule has 0 bridgehead atoms. The van der Waals surface area contributed by atoms with Gasteiger partial charge in [0, 0.05) is 18.9 Å². The molecule has 0 N–H and O–H groups in total. The Hall–Kier alpha value is -1.57. The van der Waals surface area contributed by atoms with E-state index in [1.807, 2.05) is 18.7 Å². The highest BCUT2D eigenvalue weighted by Crippen LogP contribution is 2.21. The Balaban J connectivity index is 2.12. The van der Waals surface area contributed by atoms with Crippen LogP contribution in [0.3, 0.4) is 0 Å². The molecule has 0 saturated carbocycles. The Morgan fingerprint density at radius 1 is 1.18 bits per heavy atom. The molecule has 0 fully saturated rings. The highest BCUT2D eigenvalue weighted by atomic mass is 15.0. The van der Waals surface area contributed by atoms with Crippen LogP contribution in [0.15, 0.2) is 43.0 Å². The molecule has 0 aliphatic carbocycles. The first-order valence-corrected chi connectivity index (χ1v) is 6.06. The van der Waals surface area contributed by atoms with E-state index in [4.69, 9.17) is 0 Å². The van der Waals surface area contributed by atoms with E-state index in [0.29, 0.717) is 5.41 Å². The van der Waals surface area contributed by atoms with Gasteiger partial charge in [0.1, 0.15) is 0 Å². The van der Waals surface area contributed by atoms with Gasteiger partial charge in [0.05, 0.1) is 6.33 Å². The first-order chi connectivity index (χ1) is 8.03. The first kappa shape index (κ1) is 11.9. The predicted molar refractivity (Wildman–Crippen MR) is 70.9 cm³/mol. The zero-order valence-corrected chi connectivity index (χ0v) is 10.9. The zero-order chi connectivity index (χ0) is 12.3. The fourth-order valence-corrected chi connectivity index (χ4v) is 2.04. The van der Waals surface area contributed by atoms with Gasteiger partial charge in [0.15, 0.2) is 0 Å². The number of hydrogen-bond donors (Lipinski definition) is 0. The third-order valence-corrected chi connectivity index (χ3v) is 2.65. The Kier molecular flexibility index (Phi) is 3.32. The van der Waals surface area contributed by atoms with Crippen LogP contribution in [0.2, 0.25) is 0 Å². The normalized spacial score (nSPS) is 11.7. The second kappa shape index (κ2) is 4.74. The number of nitrogens with zero attached hydrogens (tertiary/aromatic N) is 2. The summed E-state index contributed by atoms with van der Waals surface area (Å²) in [5, 5.41) is 0. The summed E-state index contributed by atoms with van der Waals surface area (Å²) in [7, 11) is 0. The van der Waals surface area contributed by atoms with Crippen LogP contribution in [0.5, 0.6) is 0 Å². The van der Waals surface area contributed by atoms with E-state index in [0.717, 1.165) is 13.0 Å². The van der Waals surface area contributed by atoms with Crippen molar-refractivity contribution in [3.8, 4) is 0 Å². The van der Waals surface area contributed by atoms with Crippen LogP contribution in [-0.2, 0) is 13.0 Å². The lowest BCUT2D eigenvalue weighted by Gasteiger charge is -2.18. The zero-order valence-electron chi connectivity index (χ0n) is 10.9. The van der Waals surface area contributed by atoms with Crippen molar-refractivity contribution in [3.63, 3.8) is 0 Å². The lowest BCUT2D eigenvalue weighted by atomic mass is 9.88. The third kappa shape index (κ3) is 3.74. The standard InChI is InChI=1S/C15H20N2/c1-15(2,3)10-13-5-4-6-14(9-13)11-17-8-7-16-12-17/h4-9,12H,10-11H2,1-3H3. The SMILES string of the molecule is CC(C)(C)Cc1cccc(Cn2ccnc2)c1. The molecule has 0 unspecified atom stereocenters. The van der Waals surface area contributed by atoms with Crippen LogP contribution in [0.1, 0.15) is 31.9 Å². The smallest absolute Gasteiger partial charge is 0.0949 e. The molecule has 2 aromatic rings. The minimum Gasteiger partial charge on any atom is -0.333 e. The van der Waals surface area contributed by atoms with Gasteiger partial charge in [-0.3, -0.25) is 0 Å². The molecule has 0 aliphatic heterocycles. The molecule has 17 heavy (non-hydrogen) atoms. The van der Waals surface area contributed by atoms with E-state index < -0.39 is 0 Å². The van der Waals surface area contributed by atoms with Crippen LogP contribution in [0, 0.1) is 5.41 Å². The fraction of sp³-hybridized carbons (Fsp3) is 0.400. The van der Waals surface area contributed by atoms with Gasteiger partial charge in [-0.1, -0.05) is 45.0 Å². The van der Waals surface area contributed by atoms with Crippen LogP contribution >= 0.6 is 0 Å². The van der Waals surface area contributed by atoms with Crippen LogP contribution in [0.25, 0.3) is 0 Å². The number of hydrogen-bond acceptors (Lipinski definition) is 1. The van der Waals surface area contributed by atoms with Gasteiger partial charge >= 0.3 is 0 Å². The highest BCUT2D eigenvalue weighted by Gasteiger charge is 2.11. The van der Waals surface area contributed by atoms with Crippen LogP contribution in [0.4, 0.5) is 0 Å². The molecule has 2 nitrogen and oxygen atoms in total. The number of imidazole rings is 1. The lowest BCUT2D eigenvalue weighted by molar-refractivity contribution is 0.411. The van der Waals surface area contributed by atoms with Crippen molar-refractivity contribution in [1.29, 1.82) is 0 Å². The van der Waals surface area contributed by atoms with Gasteiger partial charge < -0.3 is 4.57 Å². The van der Waals surface area contributed by atoms with Gasteiger partial charge in [-0.2, -0.15) is 0 Å². The summed E-state index contributed by atoms with van der Waals surface area (Å²) in [6.45, 7) is 7.72. The minimum atomic E-state index is 0.341. The quantitative estimate of drug-likeness (QED) is 0.786. The largest absolute Gasteiger partial charge is 0.333 e. The first-order valence-electron chi connectivity index (χ1n) is 6.06. The van der Waals surface area contributed by atoms with E-state index in [2.05, 4.69) is 54.6 Å². The number of aromatic nitrogens is 2. The van der Waals surface area contributed by atoms with Crippen molar-refractivity contribution in [1.82, 2.24) is 9.55 Å². The molecule has 0 spiro atoms. The fourth-order valence-electron chi connectivity index (χ4n) is 2.04. The Labute approximate surface area is 103 Å². The molecule has 0 saturated heterocycles. The summed E-state index contributed by atoms with van der Waals surface area (Å²) in [6, 6.07) is 8.83. The van der Waals surface area contributed by atoms with Gasteiger partial charge in [0.25, 0.3) is 0 Å². The average Bonchev–Trinajstić information content (AvgIpc) is 2.68. The number of benzene rings is 1. The minimum absolute atomic E-state index is 0.341. The average molecular weight is 228 g/mol. The Morgan fingerprint density at radius 3 is 2.59 bits per heavy atom. The molecule has 0 aliphatic rings. The number of rotatable bonds is 3. The summed E-state index contributed by atoms with van der Waals surface area (Å²) < 4.78 is 2.09. The van der Waals surface area contributed by atoms with Gasteiger partial charge in [-0.05, 0) is 23.0 Å². The summed E-state index contributed by atoms with van der Waals surface area (Å²) in [4.78, 5) is 4.06. The van der Waals surface area contributed by atoms with Gasteiger partial charge in [0.2, 0.25) is 0 Å². The van der Waals surface area contributed by atoms with Gasteiger partial charge in [-0.15, -0.1) is 0 Å². The monoisotopic (exact) mass is 228 g/mol. The summed E-state index contributed by atoms with van der Waals surface area (Å²) in [5.41, 5.74) is 3.09. The summed E-state index contributed by atoms with van der Waals surface area (Å²) >= 11 is 0. The van der Waals surface area contributed by atoms with E-state index in [1.165, 1.54) is 11.1 Å². The van der Waals surface area contributed by atoms with Crippen LogP contribution < -0.4 is 0 Å². The highest BCUT2D eigenvalue weighted by molar-refractivity contribution is 5.24. The molecule has 1 heterocycles. The van der Waals surface area contributed by atoms with Crippen molar-refractivity contribution in [2.45, 2.75) is 33.7 Å². The maximum absolute atomic E-state index is 4.06. The van der Waals surface area contributed by atoms with E-state index in [1.54, 1.807) is 0 Å². The lowest BCUT2D eigenvalue weighted by Crippen LogP contribution is -2.09. The van der Waals surface area contributed by atoms with E-state index in [-0.39, 0.29) is 0 Å². The molecule has 0 atom stereocenters. The summed E-state index contributed by atoms with van der Waals surface area (Å²) in [6.07, 6.45) is 6.79. The molecule has 1 aromatic carbocycles. The Morgan fingerprint density at radius 2 is 1.94 bits per heavy atom. The van der Waals surface area contributed by atoms with E-state index >= 15 is 0 Å². The molecule has 2 heteroatoms. The van der Waals surface area contributed by atoms with Crippen LogP contribution in [-0.4, -0.2) is 9.55 Å². The predicted octanol–water partition coefficient (Wildman–Crippen LogP) is 3.52. The third-order valence-electron chi connectivity index (χ3n) is 2.65. The maximum atomic E-state index is 4.06. The topological polar surface area (TPSA) is 17.8 Å². The van der Waals surface area contributed by atoms with Crippen molar-refractivity contribution in [2.75, 3.05) is 0 Å². The molecular weight excluding hydrogens is 208 g/mol. The van der Waals surface area contributed by atoms with Crippen molar-refractivity contribution >= 4 is 0 Å². The maximum Gasteiger partial charge on any atom is 0.0949 e. The molecule has 0 radical (unpaired) electrons. The molecule has 90 valence electrons. The second-order valence-corrected chi connectivity index (χ2v) is 5.79. The summed E-state index contributed by atoms with van der Waals surface area (Å²) in [5.74, 6) is 0.